The van der Waals surface area contributed by atoms with Gasteiger partial charge in [-0.3, -0.25) is 4.90 Å². The average molecular weight is 344 g/mol. The zero-order valence-corrected chi connectivity index (χ0v) is 16.3. The Bertz CT molecular complexity index is 564. The Morgan fingerprint density at radius 1 is 1.00 bits per heavy atom. The summed E-state index contributed by atoms with van der Waals surface area (Å²) >= 11 is 0. The number of fused-ring (bicyclic) bond motifs is 5. The Hall–Kier alpha value is -0.340. The first-order chi connectivity index (χ1) is 12.0. The fourth-order valence-electron chi connectivity index (χ4n) is 8.27. The van der Waals surface area contributed by atoms with Crippen LogP contribution in [0.15, 0.2) is 11.6 Å². The van der Waals surface area contributed by atoms with Gasteiger partial charge in [-0.25, -0.2) is 0 Å². The van der Waals surface area contributed by atoms with Crippen molar-refractivity contribution in [3.05, 3.63) is 11.6 Å². The molecule has 0 aromatic heterocycles. The van der Waals surface area contributed by atoms with Gasteiger partial charge in [-0.2, -0.15) is 0 Å². The molecule has 0 spiro atoms. The van der Waals surface area contributed by atoms with Gasteiger partial charge in [0.25, 0.3) is 0 Å². The Morgan fingerprint density at radius 3 is 2.60 bits per heavy atom. The largest absolute Gasteiger partial charge is 0.393 e. The van der Waals surface area contributed by atoms with Crippen molar-refractivity contribution in [2.75, 3.05) is 13.1 Å². The van der Waals surface area contributed by atoms with Gasteiger partial charge >= 0.3 is 0 Å². The molecular formula is C23H37NO. The molecule has 1 aliphatic heterocycles. The van der Waals surface area contributed by atoms with Crippen LogP contribution >= 0.6 is 0 Å². The SMILES string of the molecule is C[C@]12CC[C@H]3[C@@H](CC=C4C[C@@H](O)CC[C@@]43C)[C@@H]1CC[C@@H]2N1CCCC1. The fourth-order valence-corrected chi connectivity index (χ4v) is 8.27. The third kappa shape index (κ3) is 2.35. The van der Waals surface area contributed by atoms with Crippen LogP contribution in [0.2, 0.25) is 0 Å². The number of likely N-dealkylation sites (tertiary alicyclic amines) is 1. The Morgan fingerprint density at radius 2 is 1.80 bits per heavy atom. The van der Waals surface area contributed by atoms with E-state index in [9.17, 15) is 5.11 Å². The summed E-state index contributed by atoms with van der Waals surface area (Å²) in [6, 6.07) is 0.868. The van der Waals surface area contributed by atoms with E-state index in [1.165, 1.54) is 64.5 Å². The minimum Gasteiger partial charge on any atom is -0.393 e. The molecule has 0 aromatic carbocycles. The van der Waals surface area contributed by atoms with Crippen LogP contribution in [-0.2, 0) is 0 Å². The molecule has 4 fully saturated rings. The molecule has 0 radical (unpaired) electrons. The first-order valence-electron chi connectivity index (χ1n) is 11.1. The number of rotatable bonds is 1. The zero-order valence-electron chi connectivity index (χ0n) is 16.3. The van der Waals surface area contributed by atoms with Crippen molar-refractivity contribution in [3.63, 3.8) is 0 Å². The zero-order chi connectivity index (χ0) is 17.2. The molecule has 5 aliphatic rings. The van der Waals surface area contributed by atoms with Crippen LogP contribution in [0.3, 0.4) is 0 Å². The summed E-state index contributed by atoms with van der Waals surface area (Å²) in [4.78, 5) is 2.86. The number of nitrogens with zero attached hydrogens (tertiary/aromatic N) is 1. The highest BCUT2D eigenvalue weighted by Gasteiger charge is 2.59. The van der Waals surface area contributed by atoms with Crippen LogP contribution in [0.5, 0.6) is 0 Å². The van der Waals surface area contributed by atoms with Crippen LogP contribution < -0.4 is 0 Å². The summed E-state index contributed by atoms with van der Waals surface area (Å²) in [5, 5.41) is 10.2. The van der Waals surface area contributed by atoms with E-state index in [4.69, 9.17) is 0 Å². The van der Waals surface area contributed by atoms with Gasteiger partial charge in [0, 0.05) is 6.04 Å². The quantitative estimate of drug-likeness (QED) is 0.693. The third-order valence-corrected chi connectivity index (χ3v) is 9.61. The molecule has 2 heteroatoms. The third-order valence-electron chi connectivity index (χ3n) is 9.61. The molecule has 1 saturated heterocycles. The molecule has 140 valence electrons. The predicted molar refractivity (Wildman–Crippen MR) is 102 cm³/mol. The van der Waals surface area contributed by atoms with Crippen LogP contribution in [0, 0.1) is 28.6 Å². The van der Waals surface area contributed by atoms with Gasteiger partial charge in [0.1, 0.15) is 0 Å². The predicted octanol–water partition coefficient (Wildman–Crippen LogP) is 4.77. The number of aliphatic hydroxyl groups is 1. The maximum atomic E-state index is 10.2. The molecule has 25 heavy (non-hydrogen) atoms. The lowest BCUT2D eigenvalue weighted by Gasteiger charge is -2.58. The topological polar surface area (TPSA) is 23.5 Å². The van der Waals surface area contributed by atoms with Crippen molar-refractivity contribution in [3.8, 4) is 0 Å². The van der Waals surface area contributed by atoms with Gasteiger partial charge in [-0.05, 0) is 106 Å². The van der Waals surface area contributed by atoms with Crippen molar-refractivity contribution in [2.45, 2.75) is 90.2 Å². The molecule has 0 unspecified atom stereocenters. The minimum atomic E-state index is -0.0734. The average Bonchev–Trinajstić information content (AvgIpc) is 3.22. The molecule has 1 N–H and O–H groups in total. The molecule has 0 bridgehead atoms. The first kappa shape index (κ1) is 16.8. The fraction of sp³-hybridized carbons (Fsp3) is 0.913. The van der Waals surface area contributed by atoms with E-state index in [0.717, 1.165) is 36.6 Å². The van der Waals surface area contributed by atoms with Crippen LogP contribution in [-0.4, -0.2) is 35.2 Å². The smallest absolute Gasteiger partial charge is 0.0577 e. The second kappa shape index (κ2) is 5.83. The van der Waals surface area contributed by atoms with Gasteiger partial charge in [0.15, 0.2) is 0 Å². The lowest BCUT2D eigenvalue weighted by atomic mass is 9.48. The number of aliphatic hydroxyl groups excluding tert-OH is 1. The summed E-state index contributed by atoms with van der Waals surface area (Å²) < 4.78 is 0. The number of allylic oxidation sites excluding steroid dienone is 1. The van der Waals surface area contributed by atoms with Gasteiger partial charge < -0.3 is 5.11 Å². The Labute approximate surface area is 154 Å². The van der Waals surface area contributed by atoms with E-state index in [1.54, 1.807) is 5.57 Å². The lowest BCUT2D eigenvalue weighted by molar-refractivity contribution is -0.0566. The summed E-state index contributed by atoms with van der Waals surface area (Å²) in [5.74, 6) is 2.74. The van der Waals surface area contributed by atoms with Gasteiger partial charge in [-0.15, -0.1) is 0 Å². The van der Waals surface area contributed by atoms with Gasteiger partial charge in [-0.1, -0.05) is 25.5 Å². The molecule has 0 amide bonds. The highest BCUT2D eigenvalue weighted by atomic mass is 16.3. The number of hydrogen-bond acceptors (Lipinski definition) is 2. The summed E-state index contributed by atoms with van der Waals surface area (Å²) in [5.41, 5.74) is 2.58. The second-order valence-corrected chi connectivity index (χ2v) is 10.5. The van der Waals surface area contributed by atoms with Crippen molar-refractivity contribution >= 4 is 0 Å². The van der Waals surface area contributed by atoms with Crippen LogP contribution in [0.1, 0.15) is 78.1 Å². The van der Waals surface area contributed by atoms with E-state index < -0.39 is 0 Å². The number of hydrogen-bond donors (Lipinski definition) is 1. The minimum absolute atomic E-state index is 0.0734. The standard InChI is InChI=1S/C23H37NO/c1-22-11-9-17(25)15-16(22)5-6-18-19-7-8-21(24-13-3-4-14-24)23(19,2)12-10-20(18)22/h5,17-21,25H,3-4,6-15H2,1-2H3/t17-,18-,19-,20-,21-,22-,23-/m0/s1. The van der Waals surface area contributed by atoms with Crippen molar-refractivity contribution in [1.29, 1.82) is 0 Å². The van der Waals surface area contributed by atoms with E-state index in [0.29, 0.717) is 10.8 Å². The molecule has 7 atom stereocenters. The highest BCUT2D eigenvalue weighted by molar-refractivity contribution is 5.25. The lowest BCUT2D eigenvalue weighted by Crippen LogP contribution is -2.53. The molecule has 3 saturated carbocycles. The normalized spacial score (nSPS) is 53.1. The summed E-state index contributed by atoms with van der Waals surface area (Å²) in [6.45, 7) is 7.94. The van der Waals surface area contributed by atoms with Crippen molar-refractivity contribution in [1.82, 2.24) is 4.90 Å². The first-order valence-corrected chi connectivity index (χ1v) is 11.1. The van der Waals surface area contributed by atoms with Crippen LogP contribution in [0.25, 0.3) is 0 Å². The monoisotopic (exact) mass is 343 g/mol. The van der Waals surface area contributed by atoms with Crippen molar-refractivity contribution in [2.24, 2.45) is 28.6 Å². The van der Waals surface area contributed by atoms with Crippen LogP contribution in [0.4, 0.5) is 0 Å². The molecule has 0 aromatic rings. The maximum Gasteiger partial charge on any atom is 0.0577 e. The van der Waals surface area contributed by atoms with E-state index in [-0.39, 0.29) is 6.10 Å². The maximum absolute atomic E-state index is 10.2. The Balaban J connectivity index is 1.43. The molecule has 4 aliphatic carbocycles. The van der Waals surface area contributed by atoms with Gasteiger partial charge in [0.2, 0.25) is 0 Å². The molecule has 1 heterocycles. The van der Waals surface area contributed by atoms with Gasteiger partial charge in [0.05, 0.1) is 6.10 Å². The molecule has 5 rings (SSSR count). The molecule has 2 nitrogen and oxygen atoms in total. The molecular weight excluding hydrogens is 306 g/mol. The highest BCUT2D eigenvalue weighted by Crippen LogP contribution is 2.65. The second-order valence-electron chi connectivity index (χ2n) is 10.5. The van der Waals surface area contributed by atoms with E-state index >= 15 is 0 Å². The van der Waals surface area contributed by atoms with E-state index in [2.05, 4.69) is 24.8 Å². The van der Waals surface area contributed by atoms with Crippen molar-refractivity contribution < 1.29 is 5.11 Å². The van der Waals surface area contributed by atoms with E-state index in [1.807, 2.05) is 0 Å². The Kier molecular flexibility index (Phi) is 3.92. The summed E-state index contributed by atoms with van der Waals surface area (Å²) in [6.07, 6.45) is 15.7. The summed E-state index contributed by atoms with van der Waals surface area (Å²) in [7, 11) is 0.